The molecule has 0 bridgehead atoms. The number of morpholine rings is 1. The van der Waals surface area contributed by atoms with Gasteiger partial charge in [-0.1, -0.05) is 12.1 Å². The molecule has 1 atom stereocenters. The van der Waals surface area contributed by atoms with Gasteiger partial charge in [0, 0.05) is 6.54 Å². The van der Waals surface area contributed by atoms with Crippen LogP contribution >= 0.6 is 0 Å². The number of anilines is 2. The summed E-state index contributed by atoms with van der Waals surface area (Å²) in [5.74, 6) is -0.298. The molecule has 1 aromatic rings. The number of nitrogens with zero attached hydrogens (tertiary/aromatic N) is 1. The monoisotopic (exact) mass is 236 g/mol. The van der Waals surface area contributed by atoms with E-state index in [0.29, 0.717) is 25.4 Å². The van der Waals surface area contributed by atoms with E-state index in [1.807, 2.05) is 29.2 Å². The average molecular weight is 236 g/mol. The van der Waals surface area contributed by atoms with E-state index in [9.17, 15) is 4.79 Å². The molecule has 1 aromatic carbocycles. The maximum atomic E-state index is 11.7. The number of methoxy groups -OCH3 is 1. The zero-order chi connectivity index (χ0) is 12.3. The molecule has 0 saturated carbocycles. The van der Waals surface area contributed by atoms with Crippen LogP contribution < -0.4 is 10.6 Å². The fourth-order valence-electron chi connectivity index (χ4n) is 1.97. The van der Waals surface area contributed by atoms with Crippen LogP contribution in [0.1, 0.15) is 0 Å². The molecule has 1 fully saturated rings. The Kier molecular flexibility index (Phi) is 3.49. The predicted molar refractivity (Wildman–Crippen MR) is 64.8 cm³/mol. The Balaban J connectivity index is 2.28. The summed E-state index contributed by atoms with van der Waals surface area (Å²) in [6, 6.07) is 7.07. The number of benzene rings is 1. The van der Waals surface area contributed by atoms with Gasteiger partial charge in [-0.15, -0.1) is 0 Å². The molecule has 0 radical (unpaired) electrons. The quantitative estimate of drug-likeness (QED) is 0.603. The van der Waals surface area contributed by atoms with Crippen molar-refractivity contribution < 1.29 is 14.3 Å². The van der Waals surface area contributed by atoms with Crippen LogP contribution in [-0.4, -0.2) is 38.9 Å². The topological polar surface area (TPSA) is 64.8 Å². The Labute approximate surface area is 100 Å². The molecular formula is C12H16N2O3. The van der Waals surface area contributed by atoms with Gasteiger partial charge in [0.15, 0.2) is 6.04 Å². The predicted octanol–water partition coefficient (Wildman–Crippen LogP) is 0.647. The second-order valence-corrected chi connectivity index (χ2v) is 3.87. The lowest BCUT2D eigenvalue weighted by Crippen LogP contribution is -2.50. The SMILES string of the molecule is COC(=O)C1COCCN1c1ccccc1N. The van der Waals surface area contributed by atoms with E-state index in [0.717, 1.165) is 5.69 Å². The third-order valence-corrected chi connectivity index (χ3v) is 2.85. The summed E-state index contributed by atoms with van der Waals surface area (Å²) in [6.07, 6.45) is 0. The van der Waals surface area contributed by atoms with Crippen molar-refractivity contribution in [3.8, 4) is 0 Å². The fourth-order valence-corrected chi connectivity index (χ4v) is 1.97. The van der Waals surface area contributed by atoms with Crippen molar-refractivity contribution in [3.63, 3.8) is 0 Å². The number of para-hydroxylation sites is 2. The van der Waals surface area contributed by atoms with Gasteiger partial charge in [0.05, 0.1) is 31.7 Å². The number of esters is 1. The van der Waals surface area contributed by atoms with E-state index in [1.165, 1.54) is 7.11 Å². The summed E-state index contributed by atoms with van der Waals surface area (Å²) in [5, 5.41) is 0. The Morgan fingerprint density at radius 1 is 1.53 bits per heavy atom. The maximum absolute atomic E-state index is 11.7. The molecule has 0 spiro atoms. The standard InChI is InChI=1S/C12H16N2O3/c1-16-12(15)11-8-17-7-6-14(11)10-5-3-2-4-9(10)13/h2-5,11H,6-8,13H2,1H3. The number of hydrogen-bond donors (Lipinski definition) is 1. The lowest BCUT2D eigenvalue weighted by Gasteiger charge is -2.36. The number of nitrogens with two attached hydrogens (primary N) is 1. The molecule has 1 unspecified atom stereocenters. The molecule has 1 heterocycles. The van der Waals surface area contributed by atoms with Crippen LogP contribution in [0.2, 0.25) is 0 Å². The van der Waals surface area contributed by atoms with Crippen LogP contribution in [0.5, 0.6) is 0 Å². The van der Waals surface area contributed by atoms with E-state index in [1.54, 1.807) is 0 Å². The first-order chi connectivity index (χ1) is 8.24. The van der Waals surface area contributed by atoms with E-state index in [2.05, 4.69) is 0 Å². The van der Waals surface area contributed by atoms with Crippen molar-refractivity contribution in [2.24, 2.45) is 0 Å². The number of carbonyl (C=O) groups is 1. The van der Waals surface area contributed by atoms with Crippen molar-refractivity contribution in [2.75, 3.05) is 37.5 Å². The number of hydrogen-bond acceptors (Lipinski definition) is 5. The number of rotatable bonds is 2. The van der Waals surface area contributed by atoms with Gasteiger partial charge in [-0.25, -0.2) is 4.79 Å². The zero-order valence-corrected chi connectivity index (χ0v) is 9.76. The van der Waals surface area contributed by atoms with Crippen molar-refractivity contribution in [3.05, 3.63) is 24.3 Å². The molecule has 1 saturated heterocycles. The Morgan fingerprint density at radius 3 is 3.00 bits per heavy atom. The van der Waals surface area contributed by atoms with Gasteiger partial charge in [0.25, 0.3) is 0 Å². The highest BCUT2D eigenvalue weighted by Crippen LogP contribution is 2.26. The summed E-state index contributed by atoms with van der Waals surface area (Å²) in [4.78, 5) is 13.6. The maximum Gasteiger partial charge on any atom is 0.330 e. The van der Waals surface area contributed by atoms with E-state index >= 15 is 0 Å². The molecule has 0 aliphatic carbocycles. The molecule has 2 N–H and O–H groups in total. The normalized spacial score (nSPS) is 20.1. The zero-order valence-electron chi connectivity index (χ0n) is 9.76. The Hall–Kier alpha value is -1.75. The van der Waals surface area contributed by atoms with Gasteiger partial charge in [-0.05, 0) is 12.1 Å². The number of carbonyl (C=O) groups excluding carboxylic acids is 1. The van der Waals surface area contributed by atoms with Gasteiger partial charge in [0.2, 0.25) is 0 Å². The fraction of sp³-hybridized carbons (Fsp3) is 0.417. The number of nitrogen functional groups attached to an aromatic ring is 1. The van der Waals surface area contributed by atoms with E-state index in [-0.39, 0.29) is 5.97 Å². The highest BCUT2D eigenvalue weighted by atomic mass is 16.5. The van der Waals surface area contributed by atoms with Gasteiger partial charge in [0.1, 0.15) is 0 Å². The summed E-state index contributed by atoms with van der Waals surface area (Å²) in [6.45, 7) is 1.55. The molecule has 1 aliphatic heterocycles. The third kappa shape index (κ3) is 2.34. The third-order valence-electron chi connectivity index (χ3n) is 2.85. The first-order valence-electron chi connectivity index (χ1n) is 5.50. The molecule has 92 valence electrons. The minimum Gasteiger partial charge on any atom is -0.467 e. The summed E-state index contributed by atoms with van der Waals surface area (Å²) in [7, 11) is 1.38. The van der Waals surface area contributed by atoms with E-state index in [4.69, 9.17) is 15.2 Å². The molecule has 5 heteroatoms. The highest BCUT2D eigenvalue weighted by Gasteiger charge is 2.31. The molecule has 1 aliphatic rings. The molecule has 5 nitrogen and oxygen atoms in total. The van der Waals surface area contributed by atoms with Crippen molar-refractivity contribution >= 4 is 17.3 Å². The Bertz CT molecular complexity index is 408. The number of ether oxygens (including phenoxy) is 2. The first kappa shape index (κ1) is 11.7. The highest BCUT2D eigenvalue weighted by molar-refractivity contribution is 5.82. The summed E-state index contributed by atoms with van der Waals surface area (Å²) in [5.41, 5.74) is 7.43. The second kappa shape index (κ2) is 5.05. The first-order valence-corrected chi connectivity index (χ1v) is 5.50. The van der Waals surface area contributed by atoms with Crippen LogP contribution in [0.15, 0.2) is 24.3 Å². The molecule has 0 aromatic heterocycles. The lowest BCUT2D eigenvalue weighted by atomic mass is 10.1. The van der Waals surface area contributed by atoms with Crippen LogP contribution in [0.4, 0.5) is 11.4 Å². The van der Waals surface area contributed by atoms with Crippen molar-refractivity contribution in [1.29, 1.82) is 0 Å². The summed E-state index contributed by atoms with van der Waals surface area (Å²) >= 11 is 0. The van der Waals surface area contributed by atoms with Crippen LogP contribution in [-0.2, 0) is 14.3 Å². The molecule has 2 rings (SSSR count). The molecule has 17 heavy (non-hydrogen) atoms. The Morgan fingerprint density at radius 2 is 2.29 bits per heavy atom. The van der Waals surface area contributed by atoms with Gasteiger partial charge in [-0.3, -0.25) is 0 Å². The van der Waals surface area contributed by atoms with Crippen molar-refractivity contribution in [1.82, 2.24) is 0 Å². The lowest BCUT2D eigenvalue weighted by molar-refractivity contribution is -0.144. The molecular weight excluding hydrogens is 220 g/mol. The van der Waals surface area contributed by atoms with Crippen LogP contribution in [0, 0.1) is 0 Å². The largest absolute Gasteiger partial charge is 0.467 e. The van der Waals surface area contributed by atoms with Crippen LogP contribution in [0.25, 0.3) is 0 Å². The second-order valence-electron chi connectivity index (χ2n) is 3.87. The van der Waals surface area contributed by atoms with Gasteiger partial charge < -0.3 is 20.1 Å². The minimum absolute atomic E-state index is 0.298. The minimum atomic E-state index is -0.418. The van der Waals surface area contributed by atoms with Crippen LogP contribution in [0.3, 0.4) is 0 Å². The van der Waals surface area contributed by atoms with Crippen molar-refractivity contribution in [2.45, 2.75) is 6.04 Å². The van der Waals surface area contributed by atoms with E-state index < -0.39 is 6.04 Å². The smallest absolute Gasteiger partial charge is 0.330 e. The van der Waals surface area contributed by atoms with Gasteiger partial charge >= 0.3 is 5.97 Å². The molecule has 0 amide bonds. The summed E-state index contributed by atoms with van der Waals surface area (Å²) < 4.78 is 10.1. The average Bonchev–Trinajstić information content (AvgIpc) is 2.38. The van der Waals surface area contributed by atoms with Gasteiger partial charge in [-0.2, -0.15) is 0 Å².